The van der Waals surface area contributed by atoms with E-state index in [9.17, 15) is 4.79 Å². The first-order chi connectivity index (χ1) is 6.98. The molecule has 0 N–H and O–H groups in total. The summed E-state index contributed by atoms with van der Waals surface area (Å²) in [6.07, 6.45) is 3.47. The van der Waals surface area contributed by atoms with Crippen molar-refractivity contribution >= 4 is 13.4 Å². The molecule has 1 radical (unpaired) electrons. The highest BCUT2D eigenvalue weighted by Crippen LogP contribution is 2.75. The number of fused-ring (bicyclic) bond motifs is 3. The lowest BCUT2D eigenvalue weighted by Crippen LogP contribution is -2.35. The topological polar surface area (TPSA) is 29.5 Å². The Balaban J connectivity index is 1.95. The molecule has 4 heteroatoms. The van der Waals surface area contributed by atoms with Gasteiger partial charge in [-0.3, -0.25) is 0 Å². The fourth-order valence-electron chi connectivity index (χ4n) is 3.53. The fourth-order valence-corrected chi connectivity index (χ4v) is 3.53. The largest absolute Gasteiger partial charge is 0.444 e. The molecule has 2 aliphatic heterocycles. The number of nitrogens with zero attached hydrogens (tertiary/aromatic N) is 1. The van der Waals surface area contributed by atoms with E-state index in [0.29, 0.717) is 11.4 Å². The van der Waals surface area contributed by atoms with E-state index >= 15 is 0 Å². The van der Waals surface area contributed by atoms with Crippen molar-refractivity contribution in [3.63, 3.8) is 0 Å². The van der Waals surface area contributed by atoms with Gasteiger partial charge in [0.15, 0.2) is 0 Å². The lowest BCUT2D eigenvalue weighted by molar-refractivity contribution is 0.109. The zero-order chi connectivity index (χ0) is 10.8. The molecule has 3 rings (SSSR count). The van der Waals surface area contributed by atoms with Gasteiger partial charge in [0.25, 0.3) is 0 Å². The summed E-state index contributed by atoms with van der Waals surface area (Å²) >= 11 is 0. The molecule has 0 spiro atoms. The Bertz CT molecular complexity index is 335. The van der Waals surface area contributed by atoms with Gasteiger partial charge in [0.05, 0.1) is 6.04 Å². The molecule has 1 aliphatic carbocycles. The number of amides is 1. The minimum atomic E-state index is -0.143. The van der Waals surface area contributed by atoms with Gasteiger partial charge in [-0.2, -0.15) is 0 Å². The zero-order valence-electron chi connectivity index (χ0n) is 9.62. The molecule has 0 aromatic carbocycles. The normalized spacial score (nSPS) is 52.5. The van der Waals surface area contributed by atoms with Gasteiger partial charge in [0.2, 0.25) is 0 Å². The van der Waals surface area contributed by atoms with Crippen LogP contribution in [0.2, 0.25) is 10.6 Å². The molecule has 1 saturated carbocycles. The van der Waals surface area contributed by atoms with Crippen molar-refractivity contribution in [1.82, 2.24) is 4.90 Å². The number of likely N-dealkylation sites (N-methyl/N-ethyl adjacent to an activating group) is 1. The third-order valence-corrected chi connectivity index (χ3v) is 4.92. The number of carbonyl (C=O) groups excluding carboxylic acids is 1. The van der Waals surface area contributed by atoms with Gasteiger partial charge in [-0.05, 0) is 11.7 Å². The van der Waals surface area contributed by atoms with E-state index in [0.717, 1.165) is 6.42 Å². The maximum absolute atomic E-state index is 11.6. The first kappa shape index (κ1) is 9.55. The summed E-state index contributed by atoms with van der Waals surface area (Å²) in [5.74, 6) is 0. The maximum Gasteiger partial charge on any atom is 0.410 e. The van der Waals surface area contributed by atoms with Gasteiger partial charge in [-0.25, -0.2) is 4.79 Å². The quantitative estimate of drug-likeness (QED) is 0.567. The minimum absolute atomic E-state index is 0.0856. The Labute approximate surface area is 91.4 Å². The number of rotatable bonds is 0. The summed E-state index contributed by atoms with van der Waals surface area (Å²) in [7, 11) is 4.24. The summed E-state index contributed by atoms with van der Waals surface area (Å²) in [5, 5.41) is 0.423. The summed E-state index contributed by atoms with van der Waals surface area (Å²) < 4.78 is 5.54. The smallest absolute Gasteiger partial charge is 0.410 e. The first-order valence-electron chi connectivity index (χ1n) is 5.78. The SMILES string of the molecule is CN1C(=O)OC2C1CCCC1(C)[B]C21C. The highest BCUT2D eigenvalue weighted by Gasteiger charge is 2.70. The van der Waals surface area contributed by atoms with Crippen LogP contribution in [0.5, 0.6) is 0 Å². The van der Waals surface area contributed by atoms with Crippen LogP contribution in [0.25, 0.3) is 0 Å². The van der Waals surface area contributed by atoms with Gasteiger partial charge in [0, 0.05) is 7.05 Å². The standard InChI is InChI=1S/C11H17BNO2/c1-10-6-4-5-7-8(11(10,2)12-10)15-9(14)13(7)3/h7-8H,4-6H2,1-3H3. The lowest BCUT2D eigenvalue weighted by Gasteiger charge is -2.26. The van der Waals surface area contributed by atoms with Crippen LogP contribution in [-0.4, -0.2) is 37.5 Å². The second-order valence-corrected chi connectivity index (χ2v) is 5.72. The van der Waals surface area contributed by atoms with Crippen molar-refractivity contribution in [2.45, 2.75) is 55.9 Å². The van der Waals surface area contributed by atoms with Crippen LogP contribution >= 0.6 is 0 Å². The highest BCUT2D eigenvalue weighted by atomic mass is 16.6. The van der Waals surface area contributed by atoms with Crippen LogP contribution < -0.4 is 0 Å². The van der Waals surface area contributed by atoms with Crippen molar-refractivity contribution in [1.29, 1.82) is 0 Å². The van der Waals surface area contributed by atoms with Gasteiger partial charge < -0.3 is 9.64 Å². The van der Waals surface area contributed by atoms with E-state index in [1.54, 1.807) is 4.90 Å². The number of ether oxygens (including phenoxy) is 1. The number of hydrogen-bond acceptors (Lipinski definition) is 2. The van der Waals surface area contributed by atoms with E-state index in [1.165, 1.54) is 12.8 Å². The summed E-state index contributed by atoms with van der Waals surface area (Å²) in [5.41, 5.74) is 0. The van der Waals surface area contributed by atoms with E-state index in [2.05, 4.69) is 21.1 Å². The van der Waals surface area contributed by atoms with E-state index < -0.39 is 0 Å². The van der Waals surface area contributed by atoms with E-state index in [1.807, 2.05) is 7.05 Å². The van der Waals surface area contributed by atoms with Crippen LogP contribution in [-0.2, 0) is 4.74 Å². The van der Waals surface area contributed by atoms with E-state index in [4.69, 9.17) is 4.74 Å². The Kier molecular flexibility index (Phi) is 1.61. The molecule has 0 aromatic heterocycles. The molecular formula is C11H17BNO2. The molecule has 3 aliphatic rings. The van der Waals surface area contributed by atoms with E-state index in [-0.39, 0.29) is 17.5 Å². The van der Waals surface area contributed by atoms with Gasteiger partial charge in [-0.1, -0.05) is 32.0 Å². The molecule has 1 amide bonds. The second-order valence-electron chi connectivity index (χ2n) is 5.72. The molecule has 2 heterocycles. The molecule has 81 valence electrons. The van der Waals surface area contributed by atoms with Gasteiger partial charge in [-0.15, -0.1) is 0 Å². The van der Waals surface area contributed by atoms with Crippen molar-refractivity contribution < 1.29 is 9.53 Å². The summed E-state index contributed by atoms with van der Waals surface area (Å²) in [6, 6.07) is 0.295. The molecule has 4 atom stereocenters. The molecule has 4 unspecified atom stereocenters. The summed E-state index contributed by atoms with van der Waals surface area (Å²) in [6.45, 7) is 4.53. The Morgan fingerprint density at radius 1 is 1.53 bits per heavy atom. The highest BCUT2D eigenvalue weighted by molar-refractivity contribution is 6.60. The molecule has 3 fully saturated rings. The number of hydrogen-bond donors (Lipinski definition) is 0. The predicted molar refractivity (Wildman–Crippen MR) is 58.2 cm³/mol. The third-order valence-electron chi connectivity index (χ3n) is 4.92. The molecule has 15 heavy (non-hydrogen) atoms. The van der Waals surface area contributed by atoms with Crippen LogP contribution in [0, 0.1) is 0 Å². The number of carbonyl (C=O) groups is 1. The monoisotopic (exact) mass is 206 g/mol. The lowest BCUT2D eigenvalue weighted by atomic mass is 9.79. The van der Waals surface area contributed by atoms with Gasteiger partial charge >= 0.3 is 6.09 Å². The van der Waals surface area contributed by atoms with Crippen LogP contribution in [0.3, 0.4) is 0 Å². The van der Waals surface area contributed by atoms with Crippen molar-refractivity contribution in [2.75, 3.05) is 7.05 Å². The Morgan fingerprint density at radius 3 is 3.00 bits per heavy atom. The third kappa shape index (κ3) is 1.00. The average Bonchev–Trinajstić information content (AvgIpc) is 2.62. The van der Waals surface area contributed by atoms with Crippen molar-refractivity contribution in [3.05, 3.63) is 0 Å². The molecule has 0 bridgehead atoms. The van der Waals surface area contributed by atoms with Gasteiger partial charge in [0.1, 0.15) is 13.4 Å². The maximum atomic E-state index is 11.6. The Morgan fingerprint density at radius 2 is 2.27 bits per heavy atom. The van der Waals surface area contributed by atoms with Crippen LogP contribution in [0.4, 0.5) is 4.79 Å². The molecule has 3 nitrogen and oxygen atoms in total. The molecular weight excluding hydrogens is 189 g/mol. The van der Waals surface area contributed by atoms with Crippen molar-refractivity contribution in [3.8, 4) is 0 Å². The molecule has 0 aromatic rings. The predicted octanol–water partition coefficient (Wildman–Crippen LogP) is 2.06. The fraction of sp³-hybridized carbons (Fsp3) is 0.909. The second kappa shape index (κ2) is 2.53. The van der Waals surface area contributed by atoms with Crippen molar-refractivity contribution in [2.24, 2.45) is 0 Å². The zero-order valence-corrected chi connectivity index (χ0v) is 9.62. The first-order valence-corrected chi connectivity index (χ1v) is 5.78. The van der Waals surface area contributed by atoms with Crippen LogP contribution in [0.1, 0.15) is 33.1 Å². The minimum Gasteiger partial charge on any atom is -0.444 e. The van der Waals surface area contributed by atoms with Crippen LogP contribution in [0.15, 0.2) is 0 Å². The molecule has 2 saturated heterocycles. The average molecular weight is 206 g/mol. The summed E-state index contributed by atoms with van der Waals surface area (Å²) in [4.78, 5) is 13.3. The Hall–Kier alpha value is -0.665.